The number of alkyl halides is 4. The van der Waals surface area contributed by atoms with Gasteiger partial charge in [0.15, 0.2) is 6.10 Å². The Balaban J connectivity index is 2.67. The Morgan fingerprint density at radius 3 is 2.08 bits per heavy atom. The number of piperidine rings is 1. The summed E-state index contributed by atoms with van der Waals surface area (Å²) in [4.78, 5) is 0. The molecule has 13 heavy (non-hydrogen) atoms. The quantitative estimate of drug-likeness (QED) is 0.620. The van der Waals surface area contributed by atoms with Crippen molar-refractivity contribution < 1.29 is 22.7 Å². The van der Waals surface area contributed by atoms with Crippen molar-refractivity contribution in [3.8, 4) is 0 Å². The summed E-state index contributed by atoms with van der Waals surface area (Å²) < 4.78 is 49.4. The van der Waals surface area contributed by atoms with Crippen molar-refractivity contribution in [3.63, 3.8) is 0 Å². The zero-order valence-corrected chi connectivity index (χ0v) is 6.86. The van der Waals surface area contributed by atoms with Gasteiger partial charge in [0, 0.05) is 0 Å². The third kappa shape index (κ3) is 2.31. The number of nitrogens with one attached hydrogen (secondary N) is 1. The summed E-state index contributed by atoms with van der Waals surface area (Å²) in [5, 5.41) is 11.5. The van der Waals surface area contributed by atoms with E-state index in [0.717, 1.165) is 0 Å². The molecule has 0 amide bonds. The second kappa shape index (κ2) is 3.42. The summed E-state index contributed by atoms with van der Waals surface area (Å²) in [6.07, 6.45) is -8.32. The molecule has 2 nitrogen and oxygen atoms in total. The molecule has 1 atom stereocenters. The van der Waals surface area contributed by atoms with Gasteiger partial charge in [0.2, 0.25) is 0 Å². The molecule has 0 aromatic carbocycles. The zero-order valence-electron chi connectivity index (χ0n) is 6.86. The summed E-state index contributed by atoms with van der Waals surface area (Å²) in [7, 11) is 0. The average Bonchev–Trinajstić information content (AvgIpc) is 2.03. The molecule has 0 aromatic rings. The van der Waals surface area contributed by atoms with Gasteiger partial charge in [-0.25, -0.2) is 4.39 Å². The minimum absolute atomic E-state index is 0.170. The van der Waals surface area contributed by atoms with Crippen LogP contribution in [0.1, 0.15) is 12.8 Å². The van der Waals surface area contributed by atoms with Crippen LogP contribution in [0.4, 0.5) is 17.6 Å². The molecule has 1 unspecified atom stereocenters. The van der Waals surface area contributed by atoms with Crippen molar-refractivity contribution in [1.29, 1.82) is 0 Å². The van der Waals surface area contributed by atoms with Crippen molar-refractivity contribution in [3.05, 3.63) is 0 Å². The molecule has 6 heteroatoms. The van der Waals surface area contributed by atoms with Crippen molar-refractivity contribution >= 4 is 0 Å². The largest absolute Gasteiger partial charge is 0.417 e. The van der Waals surface area contributed by atoms with Crippen LogP contribution < -0.4 is 5.32 Å². The number of hydrogen-bond donors (Lipinski definition) is 2. The number of rotatable bonds is 1. The lowest BCUT2D eigenvalue weighted by Crippen LogP contribution is -2.53. The maximum atomic E-state index is 13.5. The fraction of sp³-hybridized carbons (Fsp3) is 1.00. The molecule has 0 bridgehead atoms. The molecule has 0 saturated carbocycles. The van der Waals surface area contributed by atoms with Crippen LogP contribution in [0.25, 0.3) is 0 Å². The normalized spacial score (nSPS) is 25.6. The minimum Gasteiger partial charge on any atom is -0.381 e. The summed E-state index contributed by atoms with van der Waals surface area (Å²) in [6.45, 7) is 0.341. The highest BCUT2D eigenvalue weighted by molar-refractivity contribution is 4.94. The van der Waals surface area contributed by atoms with Gasteiger partial charge in [-0.3, -0.25) is 0 Å². The first kappa shape index (κ1) is 10.7. The predicted molar refractivity (Wildman–Crippen MR) is 38.0 cm³/mol. The van der Waals surface area contributed by atoms with Crippen molar-refractivity contribution in [2.75, 3.05) is 13.1 Å². The fourth-order valence-corrected chi connectivity index (χ4v) is 1.41. The smallest absolute Gasteiger partial charge is 0.381 e. The second-order valence-corrected chi connectivity index (χ2v) is 3.23. The molecule has 1 heterocycles. The molecule has 1 aliphatic rings. The van der Waals surface area contributed by atoms with E-state index in [1.807, 2.05) is 0 Å². The Bertz CT molecular complexity index is 176. The van der Waals surface area contributed by atoms with E-state index < -0.39 is 17.9 Å². The summed E-state index contributed by atoms with van der Waals surface area (Å²) in [5.41, 5.74) is -2.51. The van der Waals surface area contributed by atoms with Crippen molar-refractivity contribution in [1.82, 2.24) is 5.32 Å². The van der Waals surface area contributed by atoms with Crippen LogP contribution in [-0.2, 0) is 0 Å². The maximum absolute atomic E-state index is 13.5. The van der Waals surface area contributed by atoms with Gasteiger partial charge in [0.1, 0.15) is 5.67 Å². The lowest BCUT2D eigenvalue weighted by molar-refractivity contribution is -0.245. The lowest BCUT2D eigenvalue weighted by atomic mass is 9.88. The van der Waals surface area contributed by atoms with Gasteiger partial charge in [0.05, 0.1) is 0 Å². The third-order valence-corrected chi connectivity index (χ3v) is 2.23. The van der Waals surface area contributed by atoms with E-state index in [0.29, 0.717) is 0 Å². The van der Waals surface area contributed by atoms with E-state index in [1.54, 1.807) is 0 Å². The van der Waals surface area contributed by atoms with Crippen LogP contribution in [0.2, 0.25) is 0 Å². The van der Waals surface area contributed by atoms with Gasteiger partial charge in [-0.2, -0.15) is 13.2 Å². The number of aliphatic hydroxyl groups is 1. The maximum Gasteiger partial charge on any atom is 0.417 e. The summed E-state index contributed by atoms with van der Waals surface area (Å²) >= 11 is 0. The molecule has 0 spiro atoms. The number of hydrogen-bond acceptors (Lipinski definition) is 2. The topological polar surface area (TPSA) is 32.3 Å². The molecule has 0 aliphatic carbocycles. The first-order chi connectivity index (χ1) is 5.86. The molecular weight excluding hydrogens is 190 g/mol. The first-order valence-corrected chi connectivity index (χ1v) is 4.01. The minimum atomic E-state index is -4.87. The first-order valence-electron chi connectivity index (χ1n) is 4.01. The Morgan fingerprint density at radius 2 is 1.69 bits per heavy atom. The van der Waals surface area contributed by atoms with Gasteiger partial charge in [-0.1, -0.05) is 0 Å². The van der Waals surface area contributed by atoms with Crippen LogP contribution >= 0.6 is 0 Å². The molecular formula is C7H11F4NO. The van der Waals surface area contributed by atoms with Crippen molar-refractivity contribution in [2.45, 2.75) is 30.8 Å². The highest BCUT2D eigenvalue weighted by Crippen LogP contribution is 2.36. The summed E-state index contributed by atoms with van der Waals surface area (Å²) in [6, 6.07) is 0. The molecule has 1 fully saturated rings. The van der Waals surface area contributed by atoms with E-state index in [4.69, 9.17) is 5.11 Å². The molecule has 1 rings (SSSR count). The number of aliphatic hydroxyl groups excluding tert-OH is 1. The predicted octanol–water partition coefficient (Wildman–Crippen LogP) is 1.00. The Hall–Kier alpha value is -0.360. The molecule has 1 saturated heterocycles. The molecule has 1 aliphatic heterocycles. The second-order valence-electron chi connectivity index (χ2n) is 3.23. The number of halogens is 4. The van der Waals surface area contributed by atoms with Crippen LogP contribution in [-0.4, -0.2) is 36.1 Å². The van der Waals surface area contributed by atoms with E-state index in [9.17, 15) is 17.6 Å². The van der Waals surface area contributed by atoms with E-state index in [1.165, 1.54) is 0 Å². The van der Waals surface area contributed by atoms with Gasteiger partial charge >= 0.3 is 6.18 Å². The molecule has 0 aromatic heterocycles. The SMILES string of the molecule is OC(C(F)(F)F)C1(F)CCNCC1. The summed E-state index contributed by atoms with van der Waals surface area (Å²) in [5.74, 6) is 0. The van der Waals surface area contributed by atoms with E-state index in [-0.39, 0.29) is 25.9 Å². The highest BCUT2D eigenvalue weighted by atomic mass is 19.4. The van der Waals surface area contributed by atoms with E-state index in [2.05, 4.69) is 5.32 Å². The van der Waals surface area contributed by atoms with Gasteiger partial charge in [-0.05, 0) is 25.9 Å². The van der Waals surface area contributed by atoms with Crippen LogP contribution in [0, 0.1) is 0 Å². The zero-order chi connectivity index (χ0) is 10.1. The fourth-order valence-electron chi connectivity index (χ4n) is 1.41. The van der Waals surface area contributed by atoms with Gasteiger partial charge < -0.3 is 10.4 Å². The van der Waals surface area contributed by atoms with Crippen LogP contribution in [0.3, 0.4) is 0 Å². The molecule has 78 valence electrons. The Labute approximate surface area is 72.9 Å². The average molecular weight is 201 g/mol. The lowest BCUT2D eigenvalue weighted by Gasteiger charge is -2.34. The monoisotopic (exact) mass is 201 g/mol. The van der Waals surface area contributed by atoms with Gasteiger partial charge in [-0.15, -0.1) is 0 Å². The Morgan fingerprint density at radius 1 is 1.23 bits per heavy atom. The highest BCUT2D eigenvalue weighted by Gasteiger charge is 2.53. The Kier molecular flexibility index (Phi) is 2.82. The van der Waals surface area contributed by atoms with Crippen molar-refractivity contribution in [2.24, 2.45) is 0 Å². The third-order valence-electron chi connectivity index (χ3n) is 2.23. The van der Waals surface area contributed by atoms with E-state index >= 15 is 0 Å². The standard InChI is InChI=1S/C7H11F4NO/c8-6(1-3-12-4-2-6)5(13)7(9,10)11/h5,12-13H,1-4H2. The van der Waals surface area contributed by atoms with Gasteiger partial charge in [0.25, 0.3) is 0 Å². The van der Waals surface area contributed by atoms with Crippen LogP contribution in [0.15, 0.2) is 0 Å². The van der Waals surface area contributed by atoms with Crippen LogP contribution in [0.5, 0.6) is 0 Å². The molecule has 0 radical (unpaired) electrons. The molecule has 2 N–H and O–H groups in total.